The van der Waals surface area contributed by atoms with Crippen LogP contribution in [0.2, 0.25) is 5.15 Å². The lowest BCUT2D eigenvalue weighted by Gasteiger charge is -2.09. The number of carbonyl (C=O) groups is 1. The largest absolute Gasteiger partial charge is 0.321 e. The van der Waals surface area contributed by atoms with Crippen molar-refractivity contribution in [3.63, 3.8) is 0 Å². The number of carbonyl (C=O) groups excluding carboxylic acids is 1. The summed E-state index contributed by atoms with van der Waals surface area (Å²) in [4.78, 5) is 12.6. The Morgan fingerprint density at radius 1 is 1.39 bits per heavy atom. The molecule has 1 aromatic carbocycles. The predicted molar refractivity (Wildman–Crippen MR) is 122 cm³/mol. The van der Waals surface area contributed by atoms with Crippen LogP contribution in [0.5, 0.6) is 0 Å². The molecule has 1 atom stereocenters. The number of sulfone groups is 1. The van der Waals surface area contributed by atoms with E-state index in [0.29, 0.717) is 23.4 Å². The number of hydrogen-bond acceptors (Lipinski definition) is 5. The van der Waals surface area contributed by atoms with Crippen LogP contribution < -0.4 is 5.32 Å². The van der Waals surface area contributed by atoms with E-state index in [1.165, 1.54) is 16.3 Å². The van der Waals surface area contributed by atoms with Gasteiger partial charge in [-0.25, -0.2) is 13.1 Å². The fraction of sp³-hybridized carbons (Fsp3) is 0.409. The van der Waals surface area contributed by atoms with Crippen molar-refractivity contribution < 1.29 is 13.2 Å². The monoisotopic (exact) mass is 460 g/mol. The fourth-order valence-corrected chi connectivity index (χ4v) is 5.59. The first-order chi connectivity index (χ1) is 14.7. The van der Waals surface area contributed by atoms with Gasteiger partial charge in [-0.2, -0.15) is 10.4 Å². The Kier molecular flexibility index (Phi) is 7.19. The number of aromatic nitrogens is 2. The second kappa shape index (κ2) is 9.67. The molecule has 1 aliphatic rings. The van der Waals surface area contributed by atoms with E-state index in [0.717, 1.165) is 19.3 Å². The van der Waals surface area contributed by atoms with Gasteiger partial charge < -0.3 is 5.32 Å². The quantitative estimate of drug-likeness (QED) is 0.494. The van der Waals surface area contributed by atoms with Gasteiger partial charge in [0.05, 0.1) is 23.2 Å². The van der Waals surface area contributed by atoms with E-state index >= 15 is 0 Å². The lowest BCUT2D eigenvalue weighted by atomic mass is 10.1. The summed E-state index contributed by atoms with van der Waals surface area (Å²) < 4.78 is 25.1. The lowest BCUT2D eigenvalue weighted by Crippen LogP contribution is -2.13. The number of rotatable bonds is 7. The van der Waals surface area contributed by atoms with Crippen LogP contribution in [0.15, 0.2) is 29.8 Å². The minimum atomic E-state index is -3.10. The Balaban J connectivity index is 1.78. The first kappa shape index (κ1) is 23.0. The molecule has 1 aliphatic heterocycles. The van der Waals surface area contributed by atoms with Crippen LogP contribution in [0.3, 0.4) is 0 Å². The molecule has 0 bridgehead atoms. The number of amides is 1. The van der Waals surface area contributed by atoms with Gasteiger partial charge in [-0.3, -0.25) is 4.79 Å². The maximum Gasteiger partial charge on any atom is 0.266 e. The van der Waals surface area contributed by atoms with Crippen molar-refractivity contribution in [2.45, 2.75) is 45.6 Å². The fourth-order valence-electron chi connectivity index (χ4n) is 3.53. The van der Waals surface area contributed by atoms with Crippen LogP contribution in [0, 0.1) is 18.3 Å². The number of nitrogens with one attached hydrogen (secondary N) is 1. The van der Waals surface area contributed by atoms with Gasteiger partial charge in [0, 0.05) is 11.3 Å². The first-order valence-corrected chi connectivity index (χ1v) is 12.4. The third kappa shape index (κ3) is 5.54. The summed E-state index contributed by atoms with van der Waals surface area (Å²) in [5, 5.41) is 16.8. The van der Waals surface area contributed by atoms with Crippen molar-refractivity contribution in [1.29, 1.82) is 5.26 Å². The van der Waals surface area contributed by atoms with Gasteiger partial charge in [-0.1, -0.05) is 37.1 Å². The third-order valence-electron chi connectivity index (χ3n) is 5.31. The number of anilines is 1. The van der Waals surface area contributed by atoms with Gasteiger partial charge in [-0.15, -0.1) is 0 Å². The Hall–Kier alpha value is -2.63. The highest BCUT2D eigenvalue weighted by molar-refractivity contribution is 7.91. The molecule has 0 spiro atoms. The van der Waals surface area contributed by atoms with Gasteiger partial charge in [0.15, 0.2) is 9.84 Å². The molecule has 1 unspecified atom stereocenters. The van der Waals surface area contributed by atoms with Crippen molar-refractivity contribution in [3.05, 3.63) is 51.8 Å². The van der Waals surface area contributed by atoms with Crippen LogP contribution in [0.4, 0.5) is 5.69 Å². The zero-order chi connectivity index (χ0) is 22.6. The van der Waals surface area contributed by atoms with Crippen LogP contribution in [-0.2, 0) is 21.1 Å². The molecule has 0 saturated carbocycles. The first-order valence-electron chi connectivity index (χ1n) is 10.2. The van der Waals surface area contributed by atoms with E-state index < -0.39 is 15.7 Å². The van der Waals surface area contributed by atoms with E-state index in [-0.39, 0.29) is 28.3 Å². The van der Waals surface area contributed by atoms with Crippen molar-refractivity contribution in [1.82, 2.24) is 9.78 Å². The number of nitriles is 1. The van der Waals surface area contributed by atoms with Gasteiger partial charge >= 0.3 is 0 Å². The highest BCUT2D eigenvalue weighted by atomic mass is 35.5. The second-order valence-electron chi connectivity index (χ2n) is 7.72. The smallest absolute Gasteiger partial charge is 0.266 e. The molecule has 9 heteroatoms. The molecular weight excluding hydrogens is 436 g/mol. The number of halogens is 1. The highest BCUT2D eigenvalue weighted by Crippen LogP contribution is 2.31. The van der Waals surface area contributed by atoms with Gasteiger partial charge in [0.1, 0.15) is 16.8 Å². The van der Waals surface area contributed by atoms with Crippen LogP contribution in [0.1, 0.15) is 49.0 Å². The third-order valence-corrected chi connectivity index (χ3v) is 7.44. The SMILES string of the molecule is CCCCc1ccc(NC(=O)/C(C#N)=C/c2c(C)nn(C3CCS(=O)(=O)C3)c2Cl)cc1. The van der Waals surface area contributed by atoms with Crippen molar-refractivity contribution in [3.8, 4) is 6.07 Å². The maximum absolute atomic E-state index is 12.6. The van der Waals surface area contributed by atoms with Crippen molar-refractivity contribution in [2.24, 2.45) is 0 Å². The Labute approximate surface area is 187 Å². The predicted octanol–water partition coefficient (Wildman–Crippen LogP) is 4.09. The van der Waals surface area contributed by atoms with Crippen LogP contribution in [0.25, 0.3) is 6.08 Å². The van der Waals surface area contributed by atoms with Gasteiger partial charge in [-0.05, 0) is 50.0 Å². The number of nitrogens with zero attached hydrogens (tertiary/aromatic N) is 3. The summed E-state index contributed by atoms with van der Waals surface area (Å²) in [7, 11) is -3.10. The Morgan fingerprint density at radius 2 is 2.10 bits per heavy atom. The van der Waals surface area contributed by atoms with E-state index in [9.17, 15) is 18.5 Å². The van der Waals surface area contributed by atoms with Crippen molar-refractivity contribution in [2.75, 3.05) is 16.8 Å². The molecule has 31 heavy (non-hydrogen) atoms. The van der Waals surface area contributed by atoms with Crippen LogP contribution in [-0.4, -0.2) is 35.6 Å². The second-order valence-corrected chi connectivity index (χ2v) is 10.3. The maximum atomic E-state index is 12.6. The highest BCUT2D eigenvalue weighted by Gasteiger charge is 2.32. The number of hydrogen-bond donors (Lipinski definition) is 1. The molecule has 7 nitrogen and oxygen atoms in total. The molecule has 1 aromatic heterocycles. The van der Waals surface area contributed by atoms with E-state index in [1.54, 1.807) is 6.92 Å². The number of aryl methyl sites for hydroxylation is 2. The summed E-state index contributed by atoms with van der Waals surface area (Å²) in [5.74, 6) is -0.465. The Bertz CT molecular complexity index is 1140. The zero-order valence-electron chi connectivity index (χ0n) is 17.6. The molecule has 2 heterocycles. The average molecular weight is 461 g/mol. The van der Waals surface area contributed by atoms with E-state index in [1.807, 2.05) is 30.3 Å². The molecule has 1 N–H and O–H groups in total. The van der Waals surface area contributed by atoms with Gasteiger partial charge in [0.25, 0.3) is 5.91 Å². The molecule has 3 rings (SSSR count). The molecule has 164 valence electrons. The standard InChI is InChI=1S/C22H25ClN4O3S/c1-3-4-5-16-6-8-18(9-7-16)25-22(28)17(13-24)12-20-15(2)26-27(21(20)23)19-10-11-31(29,30)14-19/h6-9,12,19H,3-5,10-11,14H2,1-2H3,(H,25,28)/b17-12+. The molecule has 0 aliphatic carbocycles. The molecular formula is C22H25ClN4O3S. The number of benzene rings is 1. The summed E-state index contributed by atoms with van der Waals surface area (Å²) in [5.41, 5.74) is 2.64. The van der Waals surface area contributed by atoms with E-state index in [4.69, 9.17) is 11.6 Å². The van der Waals surface area contributed by atoms with Crippen LogP contribution >= 0.6 is 11.6 Å². The molecule has 1 saturated heterocycles. The molecule has 1 fully saturated rings. The Morgan fingerprint density at radius 3 is 2.68 bits per heavy atom. The molecule has 2 aromatic rings. The summed E-state index contributed by atoms with van der Waals surface area (Å²) >= 11 is 6.45. The minimum Gasteiger partial charge on any atom is -0.321 e. The summed E-state index contributed by atoms with van der Waals surface area (Å²) in [6.07, 6.45) is 5.04. The number of unbranched alkanes of at least 4 members (excludes halogenated alkanes) is 1. The topological polar surface area (TPSA) is 105 Å². The normalized spacial score (nSPS) is 18.0. The van der Waals surface area contributed by atoms with Crippen molar-refractivity contribution >= 4 is 39.1 Å². The summed E-state index contributed by atoms with van der Waals surface area (Å²) in [6.45, 7) is 3.84. The zero-order valence-corrected chi connectivity index (χ0v) is 19.1. The minimum absolute atomic E-state index is 0.0170. The average Bonchev–Trinajstić information content (AvgIpc) is 3.23. The summed E-state index contributed by atoms with van der Waals surface area (Å²) in [6, 6.07) is 9.12. The lowest BCUT2D eigenvalue weighted by molar-refractivity contribution is -0.112. The van der Waals surface area contributed by atoms with Gasteiger partial charge in [0.2, 0.25) is 0 Å². The molecule has 1 amide bonds. The van der Waals surface area contributed by atoms with E-state index in [2.05, 4.69) is 17.3 Å². The molecule has 0 radical (unpaired) electrons.